The molecule has 3 aromatic rings. The van der Waals surface area contributed by atoms with Crippen LogP contribution in [0.5, 0.6) is 5.75 Å². The molecule has 0 bridgehead atoms. The van der Waals surface area contributed by atoms with Gasteiger partial charge in [-0.05, 0) is 30.3 Å². The topological polar surface area (TPSA) is 123 Å². The Hall–Kier alpha value is -3.31. The van der Waals surface area contributed by atoms with E-state index in [0.29, 0.717) is 24.0 Å². The molecule has 1 amide bonds. The zero-order chi connectivity index (χ0) is 22.6. The van der Waals surface area contributed by atoms with Crippen LogP contribution in [-0.4, -0.2) is 53.8 Å². The van der Waals surface area contributed by atoms with Gasteiger partial charge in [0.1, 0.15) is 17.8 Å². The Labute approximate surface area is 179 Å². The van der Waals surface area contributed by atoms with Crippen molar-refractivity contribution in [2.45, 2.75) is 25.3 Å². The molecule has 164 valence electrons. The fourth-order valence-corrected chi connectivity index (χ4v) is 4.60. The van der Waals surface area contributed by atoms with Crippen LogP contribution in [0.25, 0.3) is 10.9 Å². The average Bonchev–Trinajstić information content (AvgIpc) is 2.76. The molecular formula is C20H23N5O5S. The van der Waals surface area contributed by atoms with E-state index in [1.165, 1.54) is 29.6 Å². The minimum absolute atomic E-state index is 0.0231. The predicted octanol–water partition coefficient (Wildman–Crippen LogP) is 1.47. The summed E-state index contributed by atoms with van der Waals surface area (Å²) in [7, 11) is -2.32. The number of methoxy groups -OCH3 is 1. The van der Waals surface area contributed by atoms with Gasteiger partial charge in [0, 0.05) is 13.1 Å². The maximum Gasteiger partial charge on any atom is 0.278 e. The van der Waals surface area contributed by atoms with Crippen LogP contribution in [0.15, 0.2) is 52.2 Å². The fraction of sp³-hybridized carbons (Fsp3) is 0.300. The second kappa shape index (κ2) is 9.23. The van der Waals surface area contributed by atoms with Crippen molar-refractivity contribution in [3.63, 3.8) is 0 Å². The van der Waals surface area contributed by atoms with Crippen LogP contribution in [0.1, 0.15) is 13.8 Å². The van der Waals surface area contributed by atoms with E-state index in [0.717, 1.165) is 4.68 Å². The lowest BCUT2D eigenvalue weighted by atomic mass is 10.2. The summed E-state index contributed by atoms with van der Waals surface area (Å²) in [4.78, 5) is 25.2. The van der Waals surface area contributed by atoms with Crippen molar-refractivity contribution in [3.8, 4) is 5.75 Å². The SMILES string of the molecule is CCN(CC)S(=O)(=O)c1ccc(OC)c(NC(=O)Cn2nnc3ccccc3c2=O)c1. The maximum atomic E-state index is 12.8. The Balaban J connectivity index is 1.89. The van der Waals surface area contributed by atoms with E-state index in [2.05, 4.69) is 15.6 Å². The number of rotatable bonds is 8. The molecule has 1 N–H and O–H groups in total. The molecule has 0 aliphatic rings. The molecule has 0 unspecified atom stereocenters. The van der Waals surface area contributed by atoms with E-state index in [1.54, 1.807) is 38.1 Å². The molecule has 10 nitrogen and oxygen atoms in total. The van der Waals surface area contributed by atoms with E-state index in [4.69, 9.17) is 4.74 Å². The molecule has 2 aromatic carbocycles. The monoisotopic (exact) mass is 445 g/mol. The maximum absolute atomic E-state index is 12.8. The van der Waals surface area contributed by atoms with E-state index in [1.807, 2.05) is 0 Å². The Bertz CT molecular complexity index is 1270. The highest BCUT2D eigenvalue weighted by Gasteiger charge is 2.23. The highest BCUT2D eigenvalue weighted by molar-refractivity contribution is 7.89. The van der Waals surface area contributed by atoms with Crippen LogP contribution in [0, 0.1) is 0 Å². The van der Waals surface area contributed by atoms with E-state index in [9.17, 15) is 18.0 Å². The number of benzene rings is 2. The lowest BCUT2D eigenvalue weighted by Gasteiger charge is -2.19. The molecule has 0 saturated heterocycles. The fourth-order valence-electron chi connectivity index (χ4n) is 3.11. The zero-order valence-electron chi connectivity index (χ0n) is 17.4. The van der Waals surface area contributed by atoms with Crippen molar-refractivity contribution in [3.05, 3.63) is 52.8 Å². The molecular weight excluding hydrogens is 422 g/mol. The lowest BCUT2D eigenvalue weighted by Crippen LogP contribution is -2.31. The Morgan fingerprint density at radius 2 is 1.87 bits per heavy atom. The van der Waals surface area contributed by atoms with Crippen LogP contribution >= 0.6 is 0 Å². The number of nitrogens with zero attached hydrogens (tertiary/aromatic N) is 4. The van der Waals surface area contributed by atoms with E-state index >= 15 is 0 Å². The van der Waals surface area contributed by atoms with Gasteiger partial charge < -0.3 is 10.1 Å². The molecule has 3 rings (SSSR count). The number of hydrogen-bond donors (Lipinski definition) is 1. The summed E-state index contributed by atoms with van der Waals surface area (Å²) in [6.45, 7) is 3.73. The molecule has 0 fully saturated rings. The van der Waals surface area contributed by atoms with Gasteiger partial charge in [-0.2, -0.15) is 4.31 Å². The first-order chi connectivity index (χ1) is 14.8. The smallest absolute Gasteiger partial charge is 0.278 e. The largest absolute Gasteiger partial charge is 0.495 e. The van der Waals surface area contributed by atoms with Gasteiger partial charge in [-0.1, -0.05) is 31.2 Å². The number of carbonyl (C=O) groups excluding carboxylic acids is 1. The molecule has 0 aliphatic heterocycles. The molecule has 11 heteroatoms. The highest BCUT2D eigenvalue weighted by atomic mass is 32.2. The Morgan fingerprint density at radius 3 is 2.55 bits per heavy atom. The average molecular weight is 446 g/mol. The number of hydrogen-bond acceptors (Lipinski definition) is 7. The minimum Gasteiger partial charge on any atom is -0.495 e. The van der Waals surface area contributed by atoms with Crippen LogP contribution in [0.2, 0.25) is 0 Å². The van der Waals surface area contributed by atoms with Gasteiger partial charge in [0.05, 0.1) is 23.1 Å². The molecule has 0 aliphatic carbocycles. The highest BCUT2D eigenvalue weighted by Crippen LogP contribution is 2.29. The van der Waals surface area contributed by atoms with Crippen molar-refractivity contribution in [1.82, 2.24) is 19.3 Å². The quantitative estimate of drug-likeness (QED) is 0.557. The normalized spacial score (nSPS) is 11.6. The number of carbonyl (C=O) groups is 1. The molecule has 0 radical (unpaired) electrons. The van der Waals surface area contributed by atoms with Crippen LogP contribution < -0.4 is 15.6 Å². The second-order valence-corrected chi connectivity index (χ2v) is 8.51. The summed E-state index contributed by atoms with van der Waals surface area (Å²) in [5, 5.41) is 10.7. The van der Waals surface area contributed by atoms with E-state index in [-0.39, 0.29) is 16.3 Å². The van der Waals surface area contributed by atoms with Gasteiger partial charge in [-0.3, -0.25) is 9.59 Å². The van der Waals surface area contributed by atoms with Gasteiger partial charge in [0.25, 0.3) is 5.56 Å². The molecule has 0 atom stereocenters. The summed E-state index contributed by atoms with van der Waals surface area (Å²) in [5.41, 5.74) is 0.147. The van der Waals surface area contributed by atoms with Crippen LogP contribution in [0.4, 0.5) is 5.69 Å². The van der Waals surface area contributed by atoms with Crippen molar-refractivity contribution in [2.75, 3.05) is 25.5 Å². The van der Waals surface area contributed by atoms with E-state index < -0.39 is 28.0 Å². The van der Waals surface area contributed by atoms with Gasteiger partial charge in [-0.25, -0.2) is 13.1 Å². The summed E-state index contributed by atoms with van der Waals surface area (Å²) in [6.07, 6.45) is 0. The first kappa shape index (κ1) is 22.4. The van der Waals surface area contributed by atoms with Crippen molar-refractivity contribution in [2.24, 2.45) is 0 Å². The number of anilines is 1. The van der Waals surface area contributed by atoms with Gasteiger partial charge in [-0.15, -0.1) is 5.10 Å². The third-order valence-electron chi connectivity index (χ3n) is 4.71. The summed E-state index contributed by atoms with van der Waals surface area (Å²) >= 11 is 0. The van der Waals surface area contributed by atoms with Crippen molar-refractivity contribution < 1.29 is 17.9 Å². The zero-order valence-corrected chi connectivity index (χ0v) is 18.2. The van der Waals surface area contributed by atoms with Crippen LogP contribution in [-0.2, 0) is 21.4 Å². The van der Waals surface area contributed by atoms with Crippen molar-refractivity contribution >= 4 is 32.5 Å². The summed E-state index contributed by atoms with van der Waals surface area (Å²) < 4.78 is 33.1. The molecule has 0 spiro atoms. The number of sulfonamides is 1. The predicted molar refractivity (Wildman–Crippen MR) is 116 cm³/mol. The third-order valence-corrected chi connectivity index (χ3v) is 6.76. The van der Waals surface area contributed by atoms with Gasteiger partial charge in [0.15, 0.2) is 0 Å². The number of aromatic nitrogens is 3. The number of amides is 1. The minimum atomic E-state index is -3.73. The Kier molecular flexibility index (Phi) is 6.66. The van der Waals surface area contributed by atoms with Gasteiger partial charge in [0.2, 0.25) is 15.9 Å². The molecule has 1 heterocycles. The molecule has 0 saturated carbocycles. The summed E-state index contributed by atoms with van der Waals surface area (Å²) in [6, 6.07) is 10.9. The second-order valence-electron chi connectivity index (χ2n) is 6.57. The van der Waals surface area contributed by atoms with Gasteiger partial charge >= 0.3 is 0 Å². The first-order valence-electron chi connectivity index (χ1n) is 9.62. The third kappa shape index (κ3) is 4.57. The summed E-state index contributed by atoms with van der Waals surface area (Å²) in [5.74, 6) is -0.300. The number of ether oxygens (including phenoxy) is 1. The Morgan fingerprint density at radius 1 is 1.16 bits per heavy atom. The number of fused-ring (bicyclic) bond motifs is 1. The lowest BCUT2D eigenvalue weighted by molar-refractivity contribution is -0.117. The molecule has 31 heavy (non-hydrogen) atoms. The molecule has 1 aromatic heterocycles. The standard InChI is InChI=1S/C20H23N5O5S/c1-4-24(5-2)31(28,29)14-10-11-18(30-3)17(12-14)21-19(26)13-25-20(27)15-8-6-7-9-16(15)22-23-25/h6-12H,4-5,13H2,1-3H3,(H,21,26). The number of nitrogens with one attached hydrogen (secondary N) is 1. The van der Waals surface area contributed by atoms with Crippen LogP contribution in [0.3, 0.4) is 0 Å². The first-order valence-corrected chi connectivity index (χ1v) is 11.1. The van der Waals surface area contributed by atoms with Crippen molar-refractivity contribution in [1.29, 1.82) is 0 Å².